The SMILES string of the molecule is Cn1cc(C2CN(C(=O)NCc3ccccc3F)Cc3ccccc32)cn1. The Kier molecular flexibility index (Phi) is 4.62. The van der Waals surface area contributed by atoms with Crippen LogP contribution < -0.4 is 5.32 Å². The van der Waals surface area contributed by atoms with Crippen molar-refractivity contribution in [1.29, 1.82) is 0 Å². The summed E-state index contributed by atoms with van der Waals surface area (Å²) in [5.74, 6) is -0.238. The van der Waals surface area contributed by atoms with Gasteiger partial charge in [0.2, 0.25) is 0 Å². The summed E-state index contributed by atoms with van der Waals surface area (Å²) >= 11 is 0. The third-order valence-electron chi connectivity index (χ3n) is 5.00. The van der Waals surface area contributed by atoms with Gasteiger partial charge in [-0.05, 0) is 22.8 Å². The van der Waals surface area contributed by atoms with Gasteiger partial charge in [0.25, 0.3) is 0 Å². The van der Waals surface area contributed by atoms with Crippen LogP contribution in [0, 0.1) is 5.82 Å². The Morgan fingerprint density at radius 1 is 1.22 bits per heavy atom. The highest BCUT2D eigenvalue weighted by Crippen LogP contribution is 2.33. The molecule has 1 atom stereocenters. The lowest BCUT2D eigenvalue weighted by atomic mass is 9.86. The number of carbonyl (C=O) groups excluding carboxylic acids is 1. The summed E-state index contributed by atoms with van der Waals surface area (Å²) in [6.07, 6.45) is 3.84. The Bertz CT molecular complexity index is 968. The van der Waals surface area contributed by atoms with E-state index >= 15 is 0 Å². The number of hydrogen-bond donors (Lipinski definition) is 1. The van der Waals surface area contributed by atoms with E-state index in [2.05, 4.69) is 22.5 Å². The summed E-state index contributed by atoms with van der Waals surface area (Å²) in [6.45, 7) is 1.27. The zero-order valence-electron chi connectivity index (χ0n) is 15.1. The highest BCUT2D eigenvalue weighted by Gasteiger charge is 2.29. The maximum atomic E-state index is 13.8. The lowest BCUT2D eigenvalue weighted by molar-refractivity contribution is 0.188. The monoisotopic (exact) mass is 364 g/mol. The van der Waals surface area contributed by atoms with Gasteiger partial charge in [0.05, 0.1) is 6.20 Å². The molecule has 6 heteroatoms. The maximum Gasteiger partial charge on any atom is 0.317 e. The highest BCUT2D eigenvalue weighted by molar-refractivity contribution is 5.75. The molecule has 2 heterocycles. The molecule has 2 amide bonds. The molecule has 2 aromatic carbocycles. The van der Waals surface area contributed by atoms with Gasteiger partial charge in [0.1, 0.15) is 5.82 Å². The number of fused-ring (bicyclic) bond motifs is 1. The summed E-state index contributed by atoms with van der Waals surface area (Å²) in [5.41, 5.74) is 3.91. The first-order valence-electron chi connectivity index (χ1n) is 8.94. The molecule has 0 spiro atoms. The predicted molar refractivity (Wildman–Crippen MR) is 101 cm³/mol. The summed E-state index contributed by atoms with van der Waals surface area (Å²) < 4.78 is 15.6. The summed E-state index contributed by atoms with van der Waals surface area (Å²) in [6, 6.07) is 14.5. The Labute approximate surface area is 157 Å². The zero-order valence-corrected chi connectivity index (χ0v) is 15.1. The van der Waals surface area contributed by atoms with E-state index < -0.39 is 0 Å². The van der Waals surface area contributed by atoms with Crippen LogP contribution >= 0.6 is 0 Å². The van der Waals surface area contributed by atoms with Crippen LogP contribution in [0.1, 0.15) is 28.2 Å². The summed E-state index contributed by atoms with van der Waals surface area (Å²) in [7, 11) is 1.89. The van der Waals surface area contributed by atoms with Crippen LogP contribution in [0.4, 0.5) is 9.18 Å². The van der Waals surface area contributed by atoms with E-state index in [1.807, 2.05) is 31.6 Å². The fourth-order valence-corrected chi connectivity index (χ4v) is 3.59. The van der Waals surface area contributed by atoms with E-state index in [1.54, 1.807) is 27.8 Å². The first-order chi connectivity index (χ1) is 13.1. The maximum absolute atomic E-state index is 13.8. The van der Waals surface area contributed by atoms with Crippen molar-refractivity contribution < 1.29 is 9.18 Å². The van der Waals surface area contributed by atoms with E-state index in [4.69, 9.17) is 0 Å². The molecule has 1 aliphatic rings. The highest BCUT2D eigenvalue weighted by atomic mass is 19.1. The topological polar surface area (TPSA) is 50.2 Å². The van der Waals surface area contributed by atoms with Crippen LogP contribution in [0.25, 0.3) is 0 Å². The lowest BCUT2D eigenvalue weighted by Gasteiger charge is -2.34. The quantitative estimate of drug-likeness (QED) is 0.774. The minimum atomic E-state index is -0.310. The molecule has 1 aromatic heterocycles. The fourth-order valence-electron chi connectivity index (χ4n) is 3.59. The Hall–Kier alpha value is -3.15. The second kappa shape index (κ2) is 7.23. The number of amides is 2. The normalized spacial score (nSPS) is 16.1. The molecule has 1 aliphatic heterocycles. The minimum absolute atomic E-state index is 0.0721. The number of rotatable bonds is 3. The van der Waals surface area contributed by atoms with Gasteiger partial charge in [0.15, 0.2) is 0 Å². The number of aryl methyl sites for hydroxylation is 1. The largest absolute Gasteiger partial charge is 0.334 e. The van der Waals surface area contributed by atoms with Crippen LogP contribution in [-0.2, 0) is 20.1 Å². The molecular formula is C21H21FN4O. The number of urea groups is 1. The fraction of sp³-hybridized carbons (Fsp3) is 0.238. The van der Waals surface area contributed by atoms with Crippen molar-refractivity contribution in [1.82, 2.24) is 20.0 Å². The van der Waals surface area contributed by atoms with Gasteiger partial charge in [0, 0.05) is 44.4 Å². The van der Waals surface area contributed by atoms with Gasteiger partial charge in [-0.3, -0.25) is 4.68 Å². The van der Waals surface area contributed by atoms with Crippen LogP contribution in [0.2, 0.25) is 0 Å². The number of nitrogens with zero attached hydrogens (tertiary/aromatic N) is 3. The zero-order chi connectivity index (χ0) is 18.8. The molecular weight excluding hydrogens is 343 g/mol. The molecule has 3 aromatic rings. The molecule has 0 saturated heterocycles. The Morgan fingerprint density at radius 2 is 2.00 bits per heavy atom. The molecule has 27 heavy (non-hydrogen) atoms. The molecule has 1 N–H and O–H groups in total. The average Bonchev–Trinajstić information content (AvgIpc) is 3.12. The number of carbonyl (C=O) groups is 1. The number of nitrogens with one attached hydrogen (secondary N) is 1. The standard InChI is InChI=1S/C21H21FN4O/c1-25-12-17(11-24-25)19-14-26(13-16-7-2-4-8-18(16)19)21(27)23-10-15-6-3-5-9-20(15)22/h2-9,11-12,19H,10,13-14H2,1H3,(H,23,27). The second-order valence-electron chi connectivity index (χ2n) is 6.83. The summed E-state index contributed by atoms with van der Waals surface area (Å²) in [5, 5.41) is 7.12. The van der Waals surface area contributed by atoms with Crippen molar-refractivity contribution in [2.24, 2.45) is 7.05 Å². The van der Waals surface area contributed by atoms with Crippen LogP contribution in [0.3, 0.4) is 0 Å². The Morgan fingerprint density at radius 3 is 2.78 bits per heavy atom. The number of halogens is 1. The predicted octanol–water partition coefficient (Wildman–Crippen LogP) is 3.42. The number of hydrogen-bond acceptors (Lipinski definition) is 2. The average molecular weight is 364 g/mol. The van der Waals surface area contributed by atoms with Crippen molar-refractivity contribution in [3.8, 4) is 0 Å². The third-order valence-corrected chi connectivity index (χ3v) is 5.00. The smallest absolute Gasteiger partial charge is 0.317 e. The first kappa shape index (κ1) is 17.3. The van der Waals surface area contributed by atoms with Gasteiger partial charge in [-0.25, -0.2) is 9.18 Å². The molecule has 0 aliphatic carbocycles. The molecule has 0 radical (unpaired) electrons. The van der Waals surface area contributed by atoms with Gasteiger partial charge in [-0.2, -0.15) is 5.10 Å². The molecule has 0 bridgehead atoms. The minimum Gasteiger partial charge on any atom is -0.334 e. The van der Waals surface area contributed by atoms with Gasteiger partial charge >= 0.3 is 6.03 Å². The lowest BCUT2D eigenvalue weighted by Crippen LogP contribution is -2.44. The molecule has 4 rings (SSSR count). The molecule has 0 fully saturated rings. The van der Waals surface area contributed by atoms with Gasteiger partial charge in [-0.15, -0.1) is 0 Å². The first-order valence-corrected chi connectivity index (χ1v) is 8.94. The van der Waals surface area contributed by atoms with Gasteiger partial charge in [-0.1, -0.05) is 42.5 Å². The molecule has 0 saturated carbocycles. The number of aromatic nitrogens is 2. The Balaban J connectivity index is 1.54. The van der Waals surface area contributed by atoms with Crippen molar-refractivity contribution in [3.63, 3.8) is 0 Å². The third kappa shape index (κ3) is 3.56. The van der Waals surface area contributed by atoms with Crippen molar-refractivity contribution in [3.05, 3.63) is 89.0 Å². The molecule has 1 unspecified atom stereocenters. The van der Waals surface area contributed by atoms with Crippen molar-refractivity contribution in [2.75, 3.05) is 6.54 Å². The van der Waals surface area contributed by atoms with Crippen LogP contribution in [0.15, 0.2) is 60.9 Å². The van der Waals surface area contributed by atoms with E-state index in [9.17, 15) is 9.18 Å². The summed E-state index contributed by atoms with van der Waals surface area (Å²) in [4.78, 5) is 14.5. The molecule has 138 valence electrons. The van der Waals surface area contributed by atoms with Gasteiger partial charge < -0.3 is 10.2 Å². The van der Waals surface area contributed by atoms with E-state index in [0.29, 0.717) is 18.7 Å². The van der Waals surface area contributed by atoms with Crippen molar-refractivity contribution >= 4 is 6.03 Å². The van der Waals surface area contributed by atoms with E-state index in [-0.39, 0.29) is 24.3 Å². The van der Waals surface area contributed by atoms with Crippen LogP contribution in [0.5, 0.6) is 0 Å². The van der Waals surface area contributed by atoms with Crippen molar-refractivity contribution in [2.45, 2.75) is 19.0 Å². The van der Waals surface area contributed by atoms with E-state index in [1.165, 1.54) is 11.6 Å². The second-order valence-corrected chi connectivity index (χ2v) is 6.83. The molecule has 5 nitrogen and oxygen atoms in total. The van der Waals surface area contributed by atoms with E-state index in [0.717, 1.165) is 11.1 Å². The number of benzene rings is 2. The van der Waals surface area contributed by atoms with Crippen LogP contribution in [-0.4, -0.2) is 27.3 Å².